The zero-order chi connectivity index (χ0) is 12.1. The number of nitrogens with zero attached hydrogens (tertiary/aromatic N) is 1. The van der Waals surface area contributed by atoms with E-state index in [-0.39, 0.29) is 5.82 Å². The van der Waals surface area contributed by atoms with Crippen LogP contribution in [0.15, 0.2) is 24.3 Å². The first-order valence-electron chi connectivity index (χ1n) is 6.31. The van der Waals surface area contributed by atoms with Gasteiger partial charge >= 0.3 is 0 Å². The van der Waals surface area contributed by atoms with Gasteiger partial charge in [0.2, 0.25) is 0 Å². The van der Waals surface area contributed by atoms with E-state index in [1.807, 2.05) is 23.9 Å². The molecule has 1 aromatic carbocycles. The molecule has 0 bridgehead atoms. The summed E-state index contributed by atoms with van der Waals surface area (Å²) in [5.74, 6) is -0.146. The summed E-state index contributed by atoms with van der Waals surface area (Å²) in [5.41, 5.74) is 1.23. The van der Waals surface area contributed by atoms with E-state index in [0.29, 0.717) is 5.37 Å². The van der Waals surface area contributed by atoms with Gasteiger partial charge in [-0.3, -0.25) is 4.90 Å². The smallest absolute Gasteiger partial charge is 0.123 e. The summed E-state index contributed by atoms with van der Waals surface area (Å²) in [6, 6.07) is 6.93. The third kappa shape index (κ3) is 3.71. The Hall–Kier alpha value is -0.540. The predicted molar refractivity (Wildman–Crippen MR) is 72.8 cm³/mol. The Kier molecular flexibility index (Phi) is 4.86. The van der Waals surface area contributed by atoms with Crippen molar-refractivity contribution in [3.63, 3.8) is 0 Å². The van der Waals surface area contributed by atoms with Crippen LogP contribution in [0.3, 0.4) is 0 Å². The molecule has 1 aliphatic rings. The molecule has 0 aromatic heterocycles. The maximum atomic E-state index is 12.8. The molecule has 17 heavy (non-hydrogen) atoms. The molecule has 1 unspecified atom stereocenters. The summed E-state index contributed by atoms with van der Waals surface area (Å²) >= 11 is 1.91. The van der Waals surface area contributed by atoms with Crippen molar-refractivity contribution in [2.75, 3.05) is 19.3 Å². The van der Waals surface area contributed by atoms with Crippen molar-refractivity contribution in [2.45, 2.75) is 31.1 Å². The number of hydrogen-bond donors (Lipinski definition) is 0. The lowest BCUT2D eigenvalue weighted by atomic mass is 10.1. The van der Waals surface area contributed by atoms with Crippen molar-refractivity contribution in [1.82, 2.24) is 4.90 Å². The molecule has 0 spiro atoms. The van der Waals surface area contributed by atoms with Crippen LogP contribution in [-0.4, -0.2) is 29.6 Å². The lowest BCUT2D eigenvalue weighted by Crippen LogP contribution is -2.38. The molecule has 0 saturated carbocycles. The van der Waals surface area contributed by atoms with Crippen molar-refractivity contribution < 1.29 is 4.39 Å². The van der Waals surface area contributed by atoms with Crippen LogP contribution in [0.4, 0.5) is 4.39 Å². The van der Waals surface area contributed by atoms with Gasteiger partial charge in [-0.1, -0.05) is 18.6 Å². The second-order valence-electron chi connectivity index (χ2n) is 4.62. The van der Waals surface area contributed by atoms with E-state index in [4.69, 9.17) is 0 Å². The number of halogens is 1. The molecular weight excluding hydrogens is 233 g/mol. The van der Waals surface area contributed by atoms with Gasteiger partial charge in [0.1, 0.15) is 5.82 Å². The van der Waals surface area contributed by atoms with Gasteiger partial charge in [-0.2, -0.15) is 0 Å². The first-order valence-corrected chi connectivity index (χ1v) is 7.59. The second-order valence-corrected chi connectivity index (χ2v) is 5.63. The van der Waals surface area contributed by atoms with Gasteiger partial charge in [0.25, 0.3) is 0 Å². The summed E-state index contributed by atoms with van der Waals surface area (Å²) in [7, 11) is 0. The minimum absolute atomic E-state index is 0.146. The summed E-state index contributed by atoms with van der Waals surface area (Å²) in [5, 5.41) is 0.542. The highest BCUT2D eigenvalue weighted by Gasteiger charge is 2.19. The van der Waals surface area contributed by atoms with Crippen molar-refractivity contribution in [3.8, 4) is 0 Å². The van der Waals surface area contributed by atoms with Gasteiger partial charge in [0.15, 0.2) is 0 Å². The van der Waals surface area contributed by atoms with E-state index < -0.39 is 0 Å². The van der Waals surface area contributed by atoms with E-state index in [1.165, 1.54) is 37.9 Å². The van der Waals surface area contributed by atoms with Crippen LogP contribution in [0.1, 0.15) is 24.8 Å². The normalized spacial score (nSPS) is 19.2. The second kappa shape index (κ2) is 6.41. The Morgan fingerprint density at radius 1 is 1.18 bits per heavy atom. The van der Waals surface area contributed by atoms with Crippen LogP contribution in [0.25, 0.3) is 0 Å². The van der Waals surface area contributed by atoms with Crippen molar-refractivity contribution in [3.05, 3.63) is 35.6 Å². The lowest BCUT2D eigenvalue weighted by Gasteiger charge is -2.33. The highest BCUT2D eigenvalue weighted by molar-refractivity contribution is 7.99. The standard InChI is InChI=1S/C14H20FNS/c1-17-14(16-9-3-2-4-10-16)11-12-5-7-13(15)8-6-12/h5-8,14H,2-4,9-11H2,1H3. The van der Waals surface area contributed by atoms with E-state index in [9.17, 15) is 4.39 Å². The number of likely N-dealkylation sites (tertiary alicyclic amines) is 1. The molecule has 1 saturated heterocycles. The number of rotatable bonds is 4. The minimum Gasteiger partial charge on any atom is -0.291 e. The average molecular weight is 253 g/mol. The van der Waals surface area contributed by atoms with Crippen LogP contribution in [-0.2, 0) is 6.42 Å². The monoisotopic (exact) mass is 253 g/mol. The Balaban J connectivity index is 1.96. The molecule has 2 rings (SSSR count). The van der Waals surface area contributed by atoms with Crippen molar-refractivity contribution >= 4 is 11.8 Å². The SMILES string of the molecule is CSC(Cc1ccc(F)cc1)N1CCCCC1. The topological polar surface area (TPSA) is 3.24 Å². The molecular formula is C14H20FNS. The van der Waals surface area contributed by atoms with E-state index in [0.717, 1.165) is 6.42 Å². The van der Waals surface area contributed by atoms with Crippen LogP contribution in [0.2, 0.25) is 0 Å². The number of piperidine rings is 1. The highest BCUT2D eigenvalue weighted by Crippen LogP contribution is 2.22. The Labute approximate surface area is 107 Å². The molecule has 1 aliphatic heterocycles. The first-order chi connectivity index (χ1) is 8.29. The zero-order valence-electron chi connectivity index (χ0n) is 10.4. The van der Waals surface area contributed by atoms with Crippen LogP contribution >= 0.6 is 11.8 Å². The van der Waals surface area contributed by atoms with Crippen molar-refractivity contribution in [1.29, 1.82) is 0 Å². The lowest BCUT2D eigenvalue weighted by molar-refractivity contribution is 0.213. The molecule has 1 heterocycles. The minimum atomic E-state index is -0.146. The molecule has 1 aromatic rings. The van der Waals surface area contributed by atoms with Gasteiger partial charge in [-0.05, 0) is 56.3 Å². The van der Waals surface area contributed by atoms with E-state index in [1.54, 1.807) is 12.1 Å². The summed E-state index contributed by atoms with van der Waals surface area (Å²) in [6.07, 6.45) is 7.19. The van der Waals surface area contributed by atoms with Gasteiger partial charge < -0.3 is 0 Å². The first kappa shape index (κ1) is 12.9. The maximum absolute atomic E-state index is 12.8. The fourth-order valence-electron chi connectivity index (χ4n) is 2.39. The van der Waals surface area contributed by atoms with Gasteiger partial charge in [0.05, 0.1) is 5.37 Å². The average Bonchev–Trinajstić information content (AvgIpc) is 2.39. The quantitative estimate of drug-likeness (QED) is 0.807. The van der Waals surface area contributed by atoms with Crippen LogP contribution in [0.5, 0.6) is 0 Å². The molecule has 0 aliphatic carbocycles. The highest BCUT2D eigenvalue weighted by atomic mass is 32.2. The number of benzene rings is 1. The fourth-order valence-corrected chi connectivity index (χ4v) is 3.26. The molecule has 0 N–H and O–H groups in total. The third-order valence-electron chi connectivity index (χ3n) is 3.39. The number of thioether (sulfide) groups is 1. The van der Waals surface area contributed by atoms with Gasteiger partial charge in [-0.15, -0.1) is 11.8 Å². The van der Waals surface area contributed by atoms with Gasteiger partial charge in [-0.25, -0.2) is 4.39 Å². The molecule has 1 atom stereocenters. The van der Waals surface area contributed by atoms with E-state index in [2.05, 4.69) is 11.2 Å². The van der Waals surface area contributed by atoms with Crippen molar-refractivity contribution in [2.24, 2.45) is 0 Å². The summed E-state index contributed by atoms with van der Waals surface area (Å²) in [6.45, 7) is 2.43. The Morgan fingerprint density at radius 2 is 1.82 bits per heavy atom. The van der Waals surface area contributed by atoms with Crippen LogP contribution < -0.4 is 0 Å². The van der Waals surface area contributed by atoms with E-state index >= 15 is 0 Å². The Morgan fingerprint density at radius 3 is 2.41 bits per heavy atom. The van der Waals surface area contributed by atoms with Gasteiger partial charge in [0, 0.05) is 0 Å². The third-order valence-corrected chi connectivity index (χ3v) is 4.40. The zero-order valence-corrected chi connectivity index (χ0v) is 11.2. The molecule has 94 valence electrons. The molecule has 0 amide bonds. The molecule has 1 fully saturated rings. The number of hydrogen-bond acceptors (Lipinski definition) is 2. The van der Waals surface area contributed by atoms with Crippen LogP contribution in [0, 0.1) is 5.82 Å². The summed E-state index contributed by atoms with van der Waals surface area (Å²) in [4.78, 5) is 2.57. The summed E-state index contributed by atoms with van der Waals surface area (Å²) < 4.78 is 12.8. The fraction of sp³-hybridized carbons (Fsp3) is 0.571. The largest absolute Gasteiger partial charge is 0.291 e. The Bertz CT molecular complexity index is 333. The molecule has 1 nitrogen and oxygen atoms in total. The molecule has 0 radical (unpaired) electrons. The maximum Gasteiger partial charge on any atom is 0.123 e. The predicted octanol–water partition coefficient (Wildman–Crippen LogP) is 3.54. The molecule has 3 heteroatoms.